The largest absolute Gasteiger partial charge is 0.504 e. The summed E-state index contributed by atoms with van der Waals surface area (Å²) < 4.78 is 12.3. The standard InChI is InChI=1S/C57H67N3O/c1-31(2)35-23-38(32(3)4)49(39(24-35)33(5)6)36-25-45-47(55(7,8)9)28-42-43(51(45)58-29-36)27-44-41(50(42)56(10,11)12)26-40(34-19-21-57(13,14)22-20-34)46-30-60-48-18-16-15-17-37(48)53(61)54(60)59-52(44)46/h15-18,23-34,61H,19-22H2,1-14H3/i34D. The van der Waals surface area contributed by atoms with Gasteiger partial charge in [0.15, 0.2) is 11.4 Å². The number of nitrogens with zero attached hydrogens (tertiary/aromatic N) is 3. The van der Waals surface area contributed by atoms with Crippen molar-refractivity contribution < 1.29 is 6.48 Å². The predicted molar refractivity (Wildman–Crippen MR) is 262 cm³/mol. The van der Waals surface area contributed by atoms with E-state index in [4.69, 9.17) is 9.97 Å². The number of rotatable bonds is 5. The summed E-state index contributed by atoms with van der Waals surface area (Å²) in [4.78, 5) is 11.0. The van der Waals surface area contributed by atoms with Crippen LogP contribution in [-0.4, -0.2) is 19.5 Å². The molecule has 4 heteroatoms. The third-order valence-corrected chi connectivity index (χ3v) is 14.1. The molecule has 1 fully saturated rings. The number of hydrogen-bond acceptors (Lipinski definition) is 3. The Bertz CT molecular complexity index is 3090. The van der Waals surface area contributed by atoms with E-state index in [-0.39, 0.29) is 22.0 Å². The molecule has 0 atom stereocenters. The summed E-state index contributed by atoms with van der Waals surface area (Å²) in [6, 6.07) is 22.5. The third kappa shape index (κ3) is 6.79. The molecule has 0 bridgehead atoms. The molecule has 0 saturated heterocycles. The molecule has 5 aromatic carbocycles. The van der Waals surface area contributed by atoms with Gasteiger partial charge in [-0.1, -0.05) is 121 Å². The van der Waals surface area contributed by atoms with E-state index in [1.54, 1.807) is 0 Å². The number of aromatic hydroxyl groups is 1. The zero-order chi connectivity index (χ0) is 44.6. The van der Waals surface area contributed by atoms with Gasteiger partial charge in [-0.15, -0.1) is 0 Å². The predicted octanol–water partition coefficient (Wildman–Crippen LogP) is 16.5. The zero-order valence-corrected chi connectivity index (χ0v) is 39.3. The van der Waals surface area contributed by atoms with Crippen molar-refractivity contribution in [3.63, 3.8) is 0 Å². The maximum atomic E-state index is 11.8. The number of fused-ring (bicyclic) bond motifs is 9. The molecule has 1 aliphatic carbocycles. The van der Waals surface area contributed by atoms with Crippen LogP contribution in [0.25, 0.3) is 71.0 Å². The van der Waals surface area contributed by atoms with Crippen LogP contribution in [-0.2, 0) is 10.8 Å². The first-order valence-electron chi connectivity index (χ1n) is 23.5. The topological polar surface area (TPSA) is 50.4 Å². The maximum Gasteiger partial charge on any atom is 0.181 e. The van der Waals surface area contributed by atoms with Gasteiger partial charge in [0.2, 0.25) is 0 Å². The monoisotopic (exact) mass is 811 g/mol. The first-order chi connectivity index (χ1) is 29.0. The van der Waals surface area contributed by atoms with Gasteiger partial charge < -0.3 is 5.11 Å². The molecule has 9 rings (SSSR count). The highest BCUT2D eigenvalue weighted by molar-refractivity contribution is 6.20. The number of benzene rings is 5. The number of pyridine rings is 1. The fraction of sp³-hybridized carbons (Fsp3) is 0.439. The van der Waals surface area contributed by atoms with Gasteiger partial charge in [-0.25, -0.2) is 4.98 Å². The highest BCUT2D eigenvalue weighted by Gasteiger charge is 2.32. The number of para-hydroxylation sites is 1. The molecule has 316 valence electrons. The van der Waals surface area contributed by atoms with E-state index in [1.807, 2.05) is 28.7 Å². The quantitative estimate of drug-likeness (QED) is 0.139. The molecule has 4 nitrogen and oxygen atoms in total. The van der Waals surface area contributed by atoms with Crippen LogP contribution in [0.2, 0.25) is 0 Å². The summed E-state index contributed by atoms with van der Waals surface area (Å²) in [5, 5.41) is 19.2. The Morgan fingerprint density at radius 3 is 1.93 bits per heavy atom. The summed E-state index contributed by atoms with van der Waals surface area (Å²) in [5.74, 6) is 0.569. The smallest absolute Gasteiger partial charge is 0.181 e. The van der Waals surface area contributed by atoms with Crippen LogP contribution in [0.3, 0.4) is 0 Å². The summed E-state index contributed by atoms with van der Waals surface area (Å²) >= 11 is 0. The Balaban J connectivity index is 1.44. The van der Waals surface area contributed by atoms with Crippen LogP contribution in [0, 0.1) is 5.41 Å². The van der Waals surface area contributed by atoms with Gasteiger partial charge in [-0.3, -0.25) is 9.38 Å². The highest BCUT2D eigenvalue weighted by atomic mass is 16.3. The zero-order valence-electron chi connectivity index (χ0n) is 40.3. The van der Waals surface area contributed by atoms with Gasteiger partial charge in [-0.05, 0) is 152 Å². The van der Waals surface area contributed by atoms with E-state index in [2.05, 4.69) is 146 Å². The molecule has 1 saturated carbocycles. The highest BCUT2D eigenvalue weighted by Crippen LogP contribution is 2.50. The lowest BCUT2D eigenvalue weighted by atomic mass is 9.70. The minimum absolute atomic E-state index is 0.170. The molecule has 0 aliphatic heterocycles. The van der Waals surface area contributed by atoms with Gasteiger partial charge in [-0.2, -0.15) is 0 Å². The fourth-order valence-corrected chi connectivity index (χ4v) is 10.6. The van der Waals surface area contributed by atoms with Crippen LogP contribution in [0.4, 0.5) is 0 Å². The Morgan fingerprint density at radius 1 is 0.705 bits per heavy atom. The van der Waals surface area contributed by atoms with E-state index >= 15 is 0 Å². The summed E-state index contributed by atoms with van der Waals surface area (Å²) in [6.07, 6.45) is 7.88. The van der Waals surface area contributed by atoms with Gasteiger partial charge in [0.05, 0.1) is 16.6 Å². The second-order valence-electron chi connectivity index (χ2n) is 22.3. The van der Waals surface area contributed by atoms with E-state index in [9.17, 15) is 6.48 Å². The molecule has 1 aliphatic rings. The van der Waals surface area contributed by atoms with Crippen molar-refractivity contribution >= 4 is 59.9 Å². The summed E-state index contributed by atoms with van der Waals surface area (Å²) in [5.41, 5.74) is 13.3. The lowest BCUT2D eigenvalue weighted by Gasteiger charge is -2.35. The van der Waals surface area contributed by atoms with Crippen molar-refractivity contribution in [3.05, 3.63) is 106 Å². The first-order valence-corrected chi connectivity index (χ1v) is 23.0. The molecule has 61 heavy (non-hydrogen) atoms. The van der Waals surface area contributed by atoms with Crippen LogP contribution in [0.1, 0.15) is 181 Å². The normalized spacial score (nSPS) is 16.4. The van der Waals surface area contributed by atoms with Crippen molar-refractivity contribution in [1.29, 1.82) is 0 Å². The third-order valence-electron chi connectivity index (χ3n) is 14.1. The van der Waals surface area contributed by atoms with Crippen molar-refractivity contribution in [2.75, 3.05) is 0 Å². The number of hydrogen-bond donors (Lipinski definition) is 1. The van der Waals surface area contributed by atoms with Crippen LogP contribution >= 0.6 is 0 Å². The Morgan fingerprint density at radius 2 is 1.33 bits per heavy atom. The first kappa shape index (κ1) is 40.1. The Hall–Kier alpha value is -4.96. The second-order valence-corrected chi connectivity index (χ2v) is 22.3. The summed E-state index contributed by atoms with van der Waals surface area (Å²) in [6.45, 7) is 32.5. The van der Waals surface area contributed by atoms with Gasteiger partial charge in [0, 0.05) is 46.3 Å². The Labute approximate surface area is 365 Å². The molecule has 3 aromatic heterocycles. The molecule has 8 aromatic rings. The molecule has 0 amide bonds. The van der Waals surface area contributed by atoms with Crippen LogP contribution < -0.4 is 0 Å². The minimum atomic E-state index is -0.776. The van der Waals surface area contributed by atoms with Gasteiger partial charge in [0.1, 0.15) is 0 Å². The maximum absolute atomic E-state index is 11.8. The fourth-order valence-electron chi connectivity index (χ4n) is 10.6. The Kier molecular flexibility index (Phi) is 9.40. The second kappa shape index (κ2) is 14.3. The van der Waals surface area contributed by atoms with Crippen molar-refractivity contribution in [1.82, 2.24) is 14.4 Å². The van der Waals surface area contributed by atoms with Crippen molar-refractivity contribution in [2.45, 2.75) is 157 Å². The average Bonchev–Trinajstić information content (AvgIpc) is 3.48. The average molecular weight is 811 g/mol. The molecule has 0 radical (unpaired) electrons. The lowest BCUT2D eigenvalue weighted by Crippen LogP contribution is -2.20. The molecular formula is C57H67N3O. The SMILES string of the molecule is [2H]C1(c2cc3c(C(C)(C)C)c4cc(C(C)(C)C)c5cc(-c6c(C(C)C)cc(C(C)C)cc6C(C)C)cnc5c4cc3c3nc4c(O)c5ccccc5n4cc23)CCC(C)(C)CC1. The molecule has 3 heterocycles. The van der Waals surface area contributed by atoms with E-state index in [1.165, 1.54) is 49.7 Å². The molecule has 0 unspecified atom stereocenters. The van der Waals surface area contributed by atoms with Crippen molar-refractivity contribution in [3.8, 4) is 16.9 Å². The van der Waals surface area contributed by atoms with Crippen LogP contribution in [0.15, 0.2) is 73.1 Å². The van der Waals surface area contributed by atoms with Crippen LogP contribution in [0.5, 0.6) is 5.75 Å². The van der Waals surface area contributed by atoms with Gasteiger partial charge >= 0.3 is 0 Å². The number of aromatic nitrogens is 3. The van der Waals surface area contributed by atoms with E-state index < -0.39 is 5.89 Å². The minimum Gasteiger partial charge on any atom is -0.504 e. The summed E-state index contributed by atoms with van der Waals surface area (Å²) in [7, 11) is 0. The molecule has 1 N–H and O–H groups in total. The van der Waals surface area contributed by atoms with E-state index in [0.717, 1.165) is 74.7 Å². The van der Waals surface area contributed by atoms with E-state index in [0.29, 0.717) is 23.4 Å². The van der Waals surface area contributed by atoms with Crippen molar-refractivity contribution in [2.24, 2.45) is 5.41 Å². The molecular weight excluding hydrogens is 743 g/mol. The lowest BCUT2D eigenvalue weighted by molar-refractivity contribution is 0.225. The van der Waals surface area contributed by atoms with Gasteiger partial charge in [0.25, 0.3) is 0 Å². The molecule has 0 spiro atoms.